The van der Waals surface area contributed by atoms with Gasteiger partial charge in [-0.05, 0) is 52.1 Å². The molecular weight excluding hydrogens is 412 g/mol. The van der Waals surface area contributed by atoms with Crippen molar-refractivity contribution in [2.45, 2.75) is 23.9 Å². The zero-order chi connectivity index (χ0) is 19.6. The quantitative estimate of drug-likeness (QED) is 0.624. The molecule has 28 heavy (non-hydrogen) atoms. The minimum Gasteiger partial charge on any atom is -0.290 e. The van der Waals surface area contributed by atoms with Crippen molar-refractivity contribution in [3.63, 3.8) is 0 Å². The molecule has 146 valence electrons. The lowest BCUT2D eigenvalue weighted by Gasteiger charge is -2.35. The second kappa shape index (κ2) is 8.35. The van der Waals surface area contributed by atoms with Crippen molar-refractivity contribution in [3.8, 4) is 0 Å². The van der Waals surface area contributed by atoms with Gasteiger partial charge in [0.15, 0.2) is 0 Å². The highest BCUT2D eigenvalue weighted by Gasteiger charge is 2.27. The Bertz CT molecular complexity index is 1050. The molecule has 0 saturated heterocycles. The molecule has 1 N–H and O–H groups in total. The predicted octanol–water partition coefficient (Wildman–Crippen LogP) is 4.48. The lowest BCUT2D eigenvalue weighted by molar-refractivity contribution is 0.181. The van der Waals surface area contributed by atoms with E-state index < -0.39 is 10.0 Å². The highest BCUT2D eigenvalue weighted by molar-refractivity contribution is 7.89. The van der Waals surface area contributed by atoms with Crippen LogP contribution in [0.2, 0.25) is 5.02 Å². The molecule has 0 bridgehead atoms. The van der Waals surface area contributed by atoms with Gasteiger partial charge in [-0.15, -0.1) is 0 Å². The van der Waals surface area contributed by atoms with E-state index in [1.54, 1.807) is 29.5 Å². The third-order valence-corrected chi connectivity index (χ3v) is 7.75. The number of nitrogens with one attached hydrogen (secondary N) is 1. The summed E-state index contributed by atoms with van der Waals surface area (Å²) in [4.78, 5) is 2.46. The van der Waals surface area contributed by atoms with Crippen LogP contribution in [0.4, 0.5) is 0 Å². The van der Waals surface area contributed by atoms with E-state index in [0.29, 0.717) is 6.54 Å². The van der Waals surface area contributed by atoms with Crippen LogP contribution in [0.15, 0.2) is 70.3 Å². The molecule has 7 heteroatoms. The Balaban J connectivity index is 1.56. The third kappa shape index (κ3) is 4.16. The maximum Gasteiger partial charge on any atom is 0.242 e. The van der Waals surface area contributed by atoms with Crippen LogP contribution in [0.3, 0.4) is 0 Å². The van der Waals surface area contributed by atoms with Gasteiger partial charge < -0.3 is 0 Å². The van der Waals surface area contributed by atoms with E-state index in [1.807, 2.05) is 5.38 Å². The van der Waals surface area contributed by atoms with E-state index in [9.17, 15) is 8.42 Å². The van der Waals surface area contributed by atoms with Crippen LogP contribution in [-0.2, 0) is 23.0 Å². The van der Waals surface area contributed by atoms with Crippen LogP contribution in [0.5, 0.6) is 0 Å². The lowest BCUT2D eigenvalue weighted by atomic mass is 9.97. The van der Waals surface area contributed by atoms with Crippen molar-refractivity contribution in [3.05, 3.63) is 87.1 Å². The molecule has 3 aromatic rings. The van der Waals surface area contributed by atoms with Crippen LogP contribution >= 0.6 is 22.9 Å². The average Bonchev–Trinajstić information content (AvgIpc) is 3.22. The summed E-state index contributed by atoms with van der Waals surface area (Å²) in [5.41, 5.74) is 3.81. The van der Waals surface area contributed by atoms with E-state index in [2.05, 4.69) is 45.3 Å². The van der Waals surface area contributed by atoms with E-state index in [-0.39, 0.29) is 16.0 Å². The predicted molar refractivity (Wildman–Crippen MR) is 114 cm³/mol. The first-order chi connectivity index (χ1) is 13.5. The Kier molecular flexibility index (Phi) is 5.85. The van der Waals surface area contributed by atoms with Crippen molar-refractivity contribution >= 4 is 33.0 Å². The van der Waals surface area contributed by atoms with E-state index in [1.165, 1.54) is 17.2 Å². The molecule has 4 rings (SSSR count). The number of sulfonamides is 1. The average molecular weight is 433 g/mol. The van der Waals surface area contributed by atoms with E-state index in [4.69, 9.17) is 11.6 Å². The summed E-state index contributed by atoms with van der Waals surface area (Å²) < 4.78 is 28.4. The molecule has 2 heterocycles. The van der Waals surface area contributed by atoms with Crippen molar-refractivity contribution in [1.82, 2.24) is 9.62 Å². The molecule has 0 aliphatic carbocycles. The second-order valence-corrected chi connectivity index (χ2v) is 9.77. The summed E-state index contributed by atoms with van der Waals surface area (Å²) in [5, 5.41) is 4.35. The Labute approximate surface area is 174 Å². The maximum absolute atomic E-state index is 12.8. The largest absolute Gasteiger partial charge is 0.290 e. The molecule has 1 aromatic heterocycles. The summed E-state index contributed by atoms with van der Waals surface area (Å²) in [6.45, 7) is 2.00. The zero-order valence-corrected chi connectivity index (χ0v) is 17.6. The summed E-state index contributed by atoms with van der Waals surface area (Å²) in [5.74, 6) is 0. The number of hydrogen-bond acceptors (Lipinski definition) is 4. The number of thiophene rings is 1. The van der Waals surface area contributed by atoms with Crippen molar-refractivity contribution in [2.24, 2.45) is 0 Å². The van der Waals surface area contributed by atoms with Crippen molar-refractivity contribution < 1.29 is 8.42 Å². The number of hydrogen-bond donors (Lipinski definition) is 1. The van der Waals surface area contributed by atoms with Crippen LogP contribution in [-0.4, -0.2) is 26.4 Å². The summed E-state index contributed by atoms with van der Waals surface area (Å²) in [6.07, 6.45) is 0.966. The van der Waals surface area contributed by atoms with Crippen molar-refractivity contribution in [1.29, 1.82) is 0 Å². The molecular formula is C21H21ClN2O2S2. The number of nitrogens with zero attached hydrogens (tertiary/aromatic N) is 1. The Morgan fingerprint density at radius 2 is 1.82 bits per heavy atom. The maximum atomic E-state index is 12.8. The van der Waals surface area contributed by atoms with Gasteiger partial charge in [-0.3, -0.25) is 4.90 Å². The highest BCUT2D eigenvalue weighted by Crippen LogP contribution is 2.29. The van der Waals surface area contributed by atoms with Gasteiger partial charge >= 0.3 is 0 Å². The van der Waals surface area contributed by atoms with Gasteiger partial charge in [0.05, 0.1) is 5.02 Å². The minimum absolute atomic E-state index is 0.0307. The minimum atomic E-state index is -3.68. The molecule has 0 unspecified atom stereocenters. The van der Waals surface area contributed by atoms with Gasteiger partial charge in [-0.25, -0.2) is 13.1 Å². The Morgan fingerprint density at radius 1 is 1.07 bits per heavy atom. The molecule has 0 saturated carbocycles. The monoisotopic (exact) mass is 432 g/mol. The molecule has 1 aliphatic heterocycles. The SMILES string of the molecule is O=S(=O)(NC[C@@H](c1ccsc1)N1CCc2ccccc2C1)c1ccccc1Cl. The highest BCUT2D eigenvalue weighted by atomic mass is 35.5. The first kappa shape index (κ1) is 19.6. The molecule has 0 amide bonds. The third-order valence-electron chi connectivity index (χ3n) is 5.12. The first-order valence-corrected chi connectivity index (χ1v) is 11.9. The molecule has 1 aliphatic rings. The number of benzene rings is 2. The lowest BCUT2D eigenvalue weighted by Crippen LogP contribution is -2.40. The first-order valence-electron chi connectivity index (χ1n) is 9.12. The summed E-state index contributed by atoms with van der Waals surface area (Å²) in [6, 6.07) is 17.0. The number of halogens is 1. The van der Waals surface area contributed by atoms with Gasteiger partial charge in [0.2, 0.25) is 10.0 Å². The van der Waals surface area contributed by atoms with E-state index in [0.717, 1.165) is 25.1 Å². The normalized spacial score (nSPS) is 15.9. The number of fused-ring (bicyclic) bond motifs is 1. The summed E-state index contributed by atoms with van der Waals surface area (Å²) >= 11 is 7.73. The molecule has 0 radical (unpaired) electrons. The van der Waals surface area contributed by atoms with Gasteiger partial charge in [0.1, 0.15) is 4.90 Å². The fourth-order valence-electron chi connectivity index (χ4n) is 3.64. The fraction of sp³-hybridized carbons (Fsp3) is 0.238. The van der Waals surface area contributed by atoms with Gasteiger partial charge in [-0.2, -0.15) is 11.3 Å². The van der Waals surface area contributed by atoms with E-state index >= 15 is 0 Å². The van der Waals surface area contributed by atoms with Crippen LogP contribution < -0.4 is 4.72 Å². The van der Waals surface area contributed by atoms with Gasteiger partial charge in [0, 0.05) is 25.7 Å². The molecule has 2 aromatic carbocycles. The van der Waals surface area contributed by atoms with Crippen LogP contribution in [0.25, 0.3) is 0 Å². The van der Waals surface area contributed by atoms with Crippen LogP contribution in [0, 0.1) is 0 Å². The number of rotatable bonds is 6. The van der Waals surface area contributed by atoms with Crippen molar-refractivity contribution in [2.75, 3.05) is 13.1 Å². The topological polar surface area (TPSA) is 49.4 Å². The summed E-state index contributed by atoms with van der Waals surface area (Å²) in [7, 11) is -3.68. The Morgan fingerprint density at radius 3 is 2.57 bits per heavy atom. The second-order valence-electron chi connectivity index (χ2n) is 6.84. The molecule has 0 spiro atoms. The smallest absolute Gasteiger partial charge is 0.242 e. The standard InChI is InChI=1S/C21H21ClN2O2S2/c22-19-7-3-4-8-21(19)28(25,26)23-13-20(18-10-12-27-15-18)24-11-9-16-5-1-2-6-17(16)14-24/h1-8,10,12,15,20,23H,9,11,13-14H2/t20-/m0/s1. The Hall–Kier alpha value is -1.70. The van der Waals surface area contributed by atoms with Crippen LogP contribution in [0.1, 0.15) is 22.7 Å². The zero-order valence-electron chi connectivity index (χ0n) is 15.2. The van der Waals surface area contributed by atoms with Gasteiger partial charge in [0.25, 0.3) is 0 Å². The molecule has 4 nitrogen and oxygen atoms in total. The van der Waals surface area contributed by atoms with Gasteiger partial charge in [-0.1, -0.05) is 48.0 Å². The molecule has 1 atom stereocenters. The molecule has 0 fully saturated rings. The fourth-order valence-corrected chi connectivity index (χ4v) is 5.90.